The summed E-state index contributed by atoms with van der Waals surface area (Å²) in [5.41, 5.74) is 0.766. The highest BCUT2D eigenvalue weighted by molar-refractivity contribution is 5.70. The van der Waals surface area contributed by atoms with Gasteiger partial charge in [-0.25, -0.2) is 4.79 Å². The van der Waals surface area contributed by atoms with Gasteiger partial charge in [-0.15, -0.1) is 4.91 Å². The summed E-state index contributed by atoms with van der Waals surface area (Å²) in [5, 5.41) is 3.05. The predicted molar refractivity (Wildman–Crippen MR) is 81.9 cm³/mol. The third-order valence-corrected chi connectivity index (χ3v) is 3.25. The Morgan fingerprint density at radius 2 is 1.76 bits per heavy atom. The molecule has 21 heavy (non-hydrogen) atoms. The molecule has 6 nitrogen and oxygen atoms in total. The fourth-order valence-electron chi connectivity index (χ4n) is 2.27. The predicted octanol–water partition coefficient (Wildman–Crippen LogP) is 3.14. The first-order valence-electron chi connectivity index (χ1n) is 7.06. The quantitative estimate of drug-likeness (QED) is 0.785. The largest absolute Gasteiger partial charge is 0.444 e. The molecule has 1 fully saturated rings. The zero-order valence-electron chi connectivity index (χ0n) is 12.7. The molecule has 114 valence electrons. The Bertz CT molecular complexity index is 517. The van der Waals surface area contributed by atoms with Crippen LogP contribution in [0, 0.1) is 4.91 Å². The summed E-state index contributed by atoms with van der Waals surface area (Å²) in [6, 6.07) is 7.24. The molecule has 1 amide bonds. The number of nitrogens with zero attached hydrogens (tertiary/aromatic N) is 3. The van der Waals surface area contributed by atoms with Gasteiger partial charge < -0.3 is 14.5 Å². The van der Waals surface area contributed by atoms with Crippen molar-refractivity contribution in [1.82, 2.24) is 4.90 Å². The van der Waals surface area contributed by atoms with Gasteiger partial charge in [-0.05, 0) is 38.1 Å². The SMILES string of the molecule is CC(C)(C)OC(=O)N1CCN(c2ccccc2N=O)CC1. The normalized spacial score (nSPS) is 15.8. The van der Waals surface area contributed by atoms with Crippen LogP contribution in [0.5, 0.6) is 0 Å². The van der Waals surface area contributed by atoms with Crippen molar-refractivity contribution in [2.24, 2.45) is 5.18 Å². The third-order valence-electron chi connectivity index (χ3n) is 3.25. The fraction of sp³-hybridized carbons (Fsp3) is 0.533. The van der Waals surface area contributed by atoms with Gasteiger partial charge in [0.25, 0.3) is 0 Å². The standard InChI is InChI=1S/C15H21N3O3/c1-15(2,3)21-14(19)18-10-8-17(9-11-18)13-7-5-4-6-12(13)16-20/h4-7H,8-11H2,1-3H3. The molecule has 0 aliphatic carbocycles. The molecule has 0 N–H and O–H groups in total. The topological polar surface area (TPSA) is 62.2 Å². The van der Waals surface area contributed by atoms with Crippen molar-refractivity contribution in [2.45, 2.75) is 26.4 Å². The average molecular weight is 291 g/mol. The van der Waals surface area contributed by atoms with Crippen molar-refractivity contribution in [1.29, 1.82) is 0 Å². The molecule has 0 aromatic heterocycles. The smallest absolute Gasteiger partial charge is 0.410 e. The summed E-state index contributed by atoms with van der Waals surface area (Å²) < 4.78 is 5.36. The Hall–Kier alpha value is -2.11. The molecule has 0 unspecified atom stereocenters. The van der Waals surface area contributed by atoms with Crippen LogP contribution >= 0.6 is 0 Å². The van der Waals surface area contributed by atoms with E-state index in [1.165, 1.54) is 0 Å². The van der Waals surface area contributed by atoms with Crippen LogP contribution in [-0.4, -0.2) is 42.8 Å². The third kappa shape index (κ3) is 3.93. The number of nitroso groups, excluding NO2 is 1. The first kappa shape index (κ1) is 15.3. The average Bonchev–Trinajstić information content (AvgIpc) is 2.45. The molecule has 2 rings (SSSR count). The molecule has 1 aromatic rings. The fourth-order valence-corrected chi connectivity index (χ4v) is 2.27. The van der Waals surface area contributed by atoms with E-state index < -0.39 is 5.60 Å². The van der Waals surface area contributed by atoms with E-state index >= 15 is 0 Å². The number of rotatable bonds is 2. The summed E-state index contributed by atoms with van der Waals surface area (Å²) in [5.74, 6) is 0. The molecule has 1 aliphatic heterocycles. The molecule has 0 bridgehead atoms. The van der Waals surface area contributed by atoms with Gasteiger partial charge in [0.05, 0.1) is 5.69 Å². The van der Waals surface area contributed by atoms with Crippen molar-refractivity contribution < 1.29 is 9.53 Å². The summed E-state index contributed by atoms with van der Waals surface area (Å²) in [4.78, 5) is 26.6. The van der Waals surface area contributed by atoms with E-state index in [-0.39, 0.29) is 6.09 Å². The van der Waals surface area contributed by atoms with Crippen molar-refractivity contribution in [3.8, 4) is 0 Å². The number of para-hydroxylation sites is 1. The van der Waals surface area contributed by atoms with E-state index in [1.54, 1.807) is 17.0 Å². The lowest BCUT2D eigenvalue weighted by atomic mass is 10.2. The molecule has 0 saturated carbocycles. The van der Waals surface area contributed by atoms with E-state index in [0.717, 1.165) is 5.69 Å². The minimum Gasteiger partial charge on any atom is -0.444 e. The van der Waals surface area contributed by atoms with Crippen LogP contribution in [0.25, 0.3) is 0 Å². The van der Waals surface area contributed by atoms with Crippen molar-refractivity contribution in [2.75, 3.05) is 31.1 Å². The number of anilines is 1. The zero-order valence-corrected chi connectivity index (χ0v) is 12.7. The molecule has 1 saturated heterocycles. The highest BCUT2D eigenvalue weighted by Crippen LogP contribution is 2.28. The molecule has 0 radical (unpaired) electrons. The van der Waals surface area contributed by atoms with Crippen LogP contribution in [0.2, 0.25) is 0 Å². The highest BCUT2D eigenvalue weighted by Gasteiger charge is 2.26. The molecule has 0 atom stereocenters. The van der Waals surface area contributed by atoms with Crippen LogP contribution in [0.3, 0.4) is 0 Å². The summed E-state index contributed by atoms with van der Waals surface area (Å²) in [6.07, 6.45) is -0.288. The van der Waals surface area contributed by atoms with Gasteiger partial charge in [0, 0.05) is 26.2 Å². The van der Waals surface area contributed by atoms with E-state index in [2.05, 4.69) is 10.1 Å². The lowest BCUT2D eigenvalue weighted by Gasteiger charge is -2.36. The minimum absolute atomic E-state index is 0.288. The van der Waals surface area contributed by atoms with Crippen LogP contribution in [-0.2, 0) is 4.74 Å². The van der Waals surface area contributed by atoms with Crippen LogP contribution in [0.1, 0.15) is 20.8 Å². The van der Waals surface area contributed by atoms with Crippen molar-refractivity contribution >= 4 is 17.5 Å². The maximum Gasteiger partial charge on any atom is 0.410 e. The Kier molecular flexibility index (Phi) is 4.45. The van der Waals surface area contributed by atoms with Crippen molar-refractivity contribution in [3.05, 3.63) is 29.2 Å². The summed E-state index contributed by atoms with van der Waals surface area (Å²) in [7, 11) is 0. The molecule has 0 spiro atoms. The van der Waals surface area contributed by atoms with Gasteiger partial charge in [0.1, 0.15) is 11.3 Å². The molecule has 1 heterocycles. The first-order valence-corrected chi connectivity index (χ1v) is 7.06. The molecule has 1 aromatic carbocycles. The summed E-state index contributed by atoms with van der Waals surface area (Å²) >= 11 is 0. The Labute approximate surface area is 124 Å². The number of hydrogen-bond donors (Lipinski definition) is 0. The number of carbonyl (C=O) groups excluding carboxylic acids is 1. The van der Waals surface area contributed by atoms with Gasteiger partial charge in [-0.2, -0.15) is 0 Å². The van der Waals surface area contributed by atoms with Gasteiger partial charge in [0.2, 0.25) is 0 Å². The monoisotopic (exact) mass is 291 g/mol. The maximum absolute atomic E-state index is 12.0. The van der Waals surface area contributed by atoms with E-state index in [9.17, 15) is 9.70 Å². The lowest BCUT2D eigenvalue weighted by molar-refractivity contribution is 0.0240. The molecule has 6 heteroatoms. The maximum atomic E-state index is 12.0. The summed E-state index contributed by atoms with van der Waals surface area (Å²) in [6.45, 7) is 8.02. The second kappa shape index (κ2) is 6.11. The number of ether oxygens (including phenoxy) is 1. The minimum atomic E-state index is -0.484. The van der Waals surface area contributed by atoms with Crippen LogP contribution in [0.4, 0.5) is 16.2 Å². The number of piperazine rings is 1. The van der Waals surface area contributed by atoms with Gasteiger partial charge >= 0.3 is 6.09 Å². The number of carbonyl (C=O) groups is 1. The molecular weight excluding hydrogens is 270 g/mol. The highest BCUT2D eigenvalue weighted by atomic mass is 16.6. The number of amides is 1. The Balaban J connectivity index is 1.97. The second-order valence-corrected chi connectivity index (χ2v) is 6.03. The molecule has 1 aliphatic rings. The Morgan fingerprint density at radius 3 is 2.33 bits per heavy atom. The van der Waals surface area contributed by atoms with Crippen molar-refractivity contribution in [3.63, 3.8) is 0 Å². The Morgan fingerprint density at radius 1 is 1.14 bits per heavy atom. The van der Waals surface area contributed by atoms with Gasteiger partial charge in [-0.1, -0.05) is 12.1 Å². The first-order chi connectivity index (χ1) is 9.90. The van der Waals surface area contributed by atoms with E-state index in [1.807, 2.05) is 32.9 Å². The molecular formula is C15H21N3O3. The zero-order chi connectivity index (χ0) is 15.5. The van der Waals surface area contributed by atoms with Gasteiger partial charge in [0.15, 0.2) is 0 Å². The van der Waals surface area contributed by atoms with Gasteiger partial charge in [-0.3, -0.25) is 0 Å². The number of hydrogen-bond acceptors (Lipinski definition) is 5. The van der Waals surface area contributed by atoms with E-state index in [4.69, 9.17) is 4.74 Å². The lowest BCUT2D eigenvalue weighted by Crippen LogP contribution is -2.50. The van der Waals surface area contributed by atoms with Crippen LogP contribution < -0.4 is 4.90 Å². The number of benzene rings is 1. The van der Waals surface area contributed by atoms with Crippen LogP contribution in [0.15, 0.2) is 29.4 Å². The second-order valence-electron chi connectivity index (χ2n) is 6.03. The van der Waals surface area contributed by atoms with E-state index in [0.29, 0.717) is 31.9 Å².